The van der Waals surface area contributed by atoms with E-state index in [1.165, 1.54) is 20.8 Å². The van der Waals surface area contributed by atoms with Crippen molar-refractivity contribution in [2.45, 2.75) is 71.1 Å². The maximum Gasteiger partial charge on any atom is 0.261 e. The molecule has 4 aromatic rings. The highest BCUT2D eigenvalue weighted by Gasteiger charge is 2.58. The van der Waals surface area contributed by atoms with Crippen molar-refractivity contribution in [1.82, 2.24) is 4.90 Å². The van der Waals surface area contributed by atoms with E-state index in [4.69, 9.17) is 20.8 Å². The van der Waals surface area contributed by atoms with Crippen LogP contribution in [0.4, 0.5) is 0 Å². The van der Waals surface area contributed by atoms with Crippen molar-refractivity contribution in [3.8, 4) is 5.75 Å². The quantitative estimate of drug-likeness (QED) is 0.0887. The number of allylic oxidation sites excluding steroid dienone is 1. The summed E-state index contributed by atoms with van der Waals surface area (Å²) in [6.07, 6.45) is 4.75. The molecule has 0 saturated carbocycles. The minimum absolute atomic E-state index is 0.0804. The fourth-order valence-electron chi connectivity index (χ4n) is 8.86. The molecule has 1 aliphatic carbocycles. The number of ether oxygens (including phenoxy) is 1. The Labute approximate surface area is 323 Å². The third-order valence-corrected chi connectivity index (χ3v) is 17.6. The molecule has 1 N–H and O–H groups in total. The summed E-state index contributed by atoms with van der Waals surface area (Å²) in [5.41, 5.74) is 4.35. The molecule has 2 fully saturated rings. The van der Waals surface area contributed by atoms with E-state index in [2.05, 4.69) is 82.3 Å². The molecule has 2 amide bonds. The molecule has 3 aliphatic rings. The SMILES string of the molecule is CC/C(=C\c1ccc(O)cc1Cl)CC[C@H]1OC[C@H]2C1=C(CO[Si](c1ccccc1)(c1ccccc1)C(C)(C)C)C[C@H]1C(=O)N(Cc3cccs3)C(=O)[C@H]12. The number of nitrogens with zero attached hydrogens (tertiary/aromatic N) is 1. The number of phenols is 1. The molecule has 0 spiro atoms. The van der Waals surface area contributed by atoms with E-state index >= 15 is 0 Å². The van der Waals surface area contributed by atoms with Crippen LogP contribution >= 0.6 is 22.9 Å². The van der Waals surface area contributed by atoms with Gasteiger partial charge >= 0.3 is 0 Å². The van der Waals surface area contributed by atoms with Crippen LogP contribution in [0.3, 0.4) is 0 Å². The summed E-state index contributed by atoms with van der Waals surface area (Å²) in [5.74, 6) is -1.07. The van der Waals surface area contributed by atoms with Crippen molar-refractivity contribution in [3.05, 3.63) is 129 Å². The maximum absolute atomic E-state index is 14.2. The number of benzene rings is 3. The number of thiophene rings is 1. The van der Waals surface area contributed by atoms with Gasteiger partial charge in [-0.15, -0.1) is 11.3 Å². The smallest absolute Gasteiger partial charge is 0.261 e. The van der Waals surface area contributed by atoms with E-state index in [-0.39, 0.29) is 34.6 Å². The fourth-order valence-corrected chi connectivity index (χ4v) is 14.3. The van der Waals surface area contributed by atoms with Crippen molar-refractivity contribution >= 4 is 59.5 Å². The Morgan fingerprint density at radius 3 is 2.28 bits per heavy atom. The first-order valence-electron chi connectivity index (χ1n) is 18.7. The summed E-state index contributed by atoms with van der Waals surface area (Å²) < 4.78 is 14.2. The van der Waals surface area contributed by atoms with Gasteiger partial charge in [0.05, 0.1) is 42.7 Å². The van der Waals surface area contributed by atoms with Crippen LogP contribution in [0, 0.1) is 17.8 Å². The van der Waals surface area contributed by atoms with Crippen molar-refractivity contribution in [1.29, 1.82) is 0 Å². The average molecular weight is 766 g/mol. The molecule has 9 heteroatoms. The van der Waals surface area contributed by atoms with Crippen LogP contribution in [0.25, 0.3) is 6.08 Å². The summed E-state index contributed by atoms with van der Waals surface area (Å²) >= 11 is 8.05. The monoisotopic (exact) mass is 765 g/mol. The van der Waals surface area contributed by atoms with E-state index in [1.54, 1.807) is 23.5 Å². The minimum Gasteiger partial charge on any atom is -0.508 e. The number of aromatic hydroxyl groups is 1. The summed E-state index contributed by atoms with van der Waals surface area (Å²) in [5, 5.41) is 14.6. The lowest BCUT2D eigenvalue weighted by Gasteiger charge is -2.44. The number of hydrogen-bond acceptors (Lipinski definition) is 6. The summed E-state index contributed by atoms with van der Waals surface area (Å²) in [6.45, 7) is 10.1. The van der Waals surface area contributed by atoms with Crippen molar-refractivity contribution < 1.29 is 23.9 Å². The van der Waals surface area contributed by atoms with Gasteiger partial charge in [-0.25, -0.2) is 0 Å². The maximum atomic E-state index is 14.2. The van der Waals surface area contributed by atoms with Gasteiger partial charge in [0.1, 0.15) is 5.75 Å². The largest absolute Gasteiger partial charge is 0.508 e. The van der Waals surface area contributed by atoms with Crippen LogP contribution in [0.5, 0.6) is 5.75 Å². The molecule has 0 unspecified atom stereocenters. The zero-order valence-electron chi connectivity index (χ0n) is 30.9. The van der Waals surface area contributed by atoms with E-state index in [9.17, 15) is 14.7 Å². The zero-order valence-corrected chi connectivity index (χ0v) is 33.5. The van der Waals surface area contributed by atoms with Crippen LogP contribution in [-0.4, -0.2) is 49.5 Å². The topological polar surface area (TPSA) is 76.1 Å². The highest BCUT2D eigenvalue weighted by molar-refractivity contribution is 7.09. The zero-order chi connectivity index (χ0) is 37.3. The first kappa shape index (κ1) is 37.5. The fraction of sp³-hybridized carbons (Fsp3) is 0.364. The molecule has 276 valence electrons. The molecule has 4 atom stereocenters. The van der Waals surface area contributed by atoms with E-state index in [1.807, 2.05) is 35.7 Å². The molecule has 6 nitrogen and oxygen atoms in total. The number of carbonyl (C=O) groups excluding carboxylic acids is 2. The van der Waals surface area contributed by atoms with Gasteiger partial charge in [0.15, 0.2) is 0 Å². The Morgan fingerprint density at radius 2 is 1.68 bits per heavy atom. The second-order valence-electron chi connectivity index (χ2n) is 15.5. The van der Waals surface area contributed by atoms with Gasteiger partial charge in [0, 0.05) is 10.8 Å². The lowest BCUT2D eigenvalue weighted by atomic mass is 9.69. The van der Waals surface area contributed by atoms with Crippen molar-refractivity contribution in [2.75, 3.05) is 13.2 Å². The Hall–Kier alpha value is -3.79. The van der Waals surface area contributed by atoms with Crippen LogP contribution in [0.1, 0.15) is 63.8 Å². The normalized spacial score (nSPS) is 22.1. The lowest BCUT2D eigenvalue weighted by molar-refractivity contribution is -0.140. The predicted molar refractivity (Wildman–Crippen MR) is 216 cm³/mol. The summed E-state index contributed by atoms with van der Waals surface area (Å²) in [4.78, 5) is 30.8. The van der Waals surface area contributed by atoms with E-state index in [0.717, 1.165) is 40.8 Å². The van der Waals surface area contributed by atoms with Crippen LogP contribution < -0.4 is 10.4 Å². The second kappa shape index (κ2) is 15.5. The molecule has 1 aromatic heterocycles. The number of amides is 2. The third-order valence-electron chi connectivity index (χ3n) is 11.4. The number of rotatable bonds is 12. The Bertz CT molecular complexity index is 1970. The van der Waals surface area contributed by atoms with E-state index < -0.39 is 20.2 Å². The number of phenolic OH excluding ortho intramolecular Hbond substituents is 1. The molecule has 2 aliphatic heterocycles. The molecule has 0 radical (unpaired) electrons. The number of fused-ring (bicyclic) bond motifs is 3. The molecule has 0 bridgehead atoms. The van der Waals surface area contributed by atoms with Gasteiger partial charge in [-0.2, -0.15) is 0 Å². The first-order valence-corrected chi connectivity index (χ1v) is 21.8. The molecule has 3 heterocycles. The Balaban J connectivity index is 1.26. The van der Waals surface area contributed by atoms with Gasteiger partial charge < -0.3 is 14.3 Å². The predicted octanol–water partition coefficient (Wildman–Crippen LogP) is 8.77. The van der Waals surface area contributed by atoms with Crippen molar-refractivity contribution in [2.24, 2.45) is 17.8 Å². The van der Waals surface area contributed by atoms with Gasteiger partial charge in [0.25, 0.3) is 8.32 Å². The molecule has 3 aromatic carbocycles. The average Bonchev–Trinajstić information content (AvgIpc) is 3.88. The van der Waals surface area contributed by atoms with Gasteiger partial charge in [-0.3, -0.25) is 14.5 Å². The van der Waals surface area contributed by atoms with Crippen LogP contribution in [0.2, 0.25) is 10.1 Å². The molecular weight excluding hydrogens is 718 g/mol. The minimum atomic E-state index is -2.89. The van der Waals surface area contributed by atoms with Gasteiger partial charge in [-0.1, -0.05) is 118 Å². The lowest BCUT2D eigenvalue weighted by Crippen LogP contribution is -2.66. The van der Waals surface area contributed by atoms with E-state index in [0.29, 0.717) is 31.2 Å². The molecule has 53 heavy (non-hydrogen) atoms. The number of likely N-dealkylation sites (tertiary alicyclic amines) is 1. The molecule has 7 rings (SSSR count). The number of hydrogen-bond donors (Lipinski definition) is 1. The number of halogens is 1. The first-order chi connectivity index (χ1) is 25.5. The highest BCUT2D eigenvalue weighted by atomic mass is 35.5. The summed E-state index contributed by atoms with van der Waals surface area (Å²) in [7, 11) is -2.89. The third kappa shape index (κ3) is 7.24. The number of carbonyl (C=O) groups is 2. The standard InChI is InChI=1S/C44H48ClNO5SSi/c1-5-29(23-30-19-20-32(47)25-38(30)45)18-21-39-40-31(24-36-41(37(40)28-50-39)43(49)46(42(36)48)26-33-13-12-22-52-33)27-51-53(44(2,3)4,34-14-8-6-9-15-34)35-16-10-7-11-17-35/h6-17,19-20,22-23,25,36-37,39,41,47H,5,18,21,24,26-28H2,1-4H3/b29-23+/t36-,37+,39-,41-/m1/s1. The second-order valence-corrected chi connectivity index (χ2v) is 21.3. The van der Waals surface area contributed by atoms with Crippen molar-refractivity contribution in [3.63, 3.8) is 0 Å². The molecular formula is C44H48ClNO5SSi. The summed E-state index contributed by atoms with van der Waals surface area (Å²) in [6, 6.07) is 30.3. The highest BCUT2D eigenvalue weighted by Crippen LogP contribution is 2.51. The van der Waals surface area contributed by atoms with Gasteiger partial charge in [0.2, 0.25) is 11.8 Å². The van der Waals surface area contributed by atoms with Crippen LogP contribution in [0.15, 0.2) is 113 Å². The number of imide groups is 1. The molecule has 2 saturated heterocycles. The Kier molecular flexibility index (Phi) is 11.0. The van der Waals surface area contributed by atoms with Crippen LogP contribution in [-0.2, 0) is 25.3 Å². The Morgan fingerprint density at radius 1 is 0.981 bits per heavy atom. The van der Waals surface area contributed by atoms with Gasteiger partial charge in [-0.05, 0) is 87.5 Å².